The van der Waals surface area contributed by atoms with E-state index in [1.807, 2.05) is 29.2 Å². The number of hydrogen-bond acceptors (Lipinski definition) is 4. The Labute approximate surface area is 148 Å². The van der Waals surface area contributed by atoms with Crippen LogP contribution in [0.15, 0.2) is 24.3 Å². The predicted molar refractivity (Wildman–Crippen MR) is 97.5 cm³/mol. The number of rotatable bonds is 7. The molecule has 5 nitrogen and oxygen atoms in total. The van der Waals surface area contributed by atoms with E-state index in [-0.39, 0.29) is 23.8 Å². The Hall–Kier alpha value is -1.69. The minimum atomic E-state index is -0.0619. The van der Waals surface area contributed by atoms with Gasteiger partial charge in [0, 0.05) is 25.9 Å². The zero-order valence-electron chi connectivity index (χ0n) is 14.6. The molecule has 2 amide bonds. The van der Waals surface area contributed by atoms with Gasteiger partial charge in [0.15, 0.2) is 0 Å². The zero-order valence-corrected chi connectivity index (χ0v) is 15.4. The number of nitrogens with one attached hydrogen (secondary N) is 1. The van der Waals surface area contributed by atoms with Crippen LogP contribution in [0.25, 0.3) is 0 Å². The fourth-order valence-electron chi connectivity index (χ4n) is 3.00. The van der Waals surface area contributed by atoms with E-state index in [9.17, 15) is 9.59 Å². The molecule has 2 atom stereocenters. The molecule has 0 bridgehead atoms. The summed E-state index contributed by atoms with van der Waals surface area (Å²) in [7, 11) is 1.64. The van der Waals surface area contributed by atoms with Crippen LogP contribution in [-0.4, -0.2) is 54.5 Å². The first-order valence-electron chi connectivity index (χ1n) is 8.31. The molecule has 0 radical (unpaired) electrons. The largest absolute Gasteiger partial charge is 0.497 e. The van der Waals surface area contributed by atoms with Crippen molar-refractivity contribution in [3.05, 3.63) is 29.8 Å². The number of carbonyl (C=O) groups is 2. The Bertz CT molecular complexity index is 562. The lowest BCUT2D eigenvalue weighted by Gasteiger charge is -2.19. The molecule has 1 fully saturated rings. The molecule has 24 heavy (non-hydrogen) atoms. The third-order valence-electron chi connectivity index (χ3n) is 4.18. The number of methoxy groups -OCH3 is 1. The van der Waals surface area contributed by atoms with Gasteiger partial charge in [0.05, 0.1) is 18.9 Å². The highest BCUT2D eigenvalue weighted by Crippen LogP contribution is 2.29. The van der Waals surface area contributed by atoms with Gasteiger partial charge in [0.2, 0.25) is 11.8 Å². The van der Waals surface area contributed by atoms with Gasteiger partial charge in [0.25, 0.3) is 0 Å². The third kappa shape index (κ3) is 4.90. The molecule has 1 N–H and O–H groups in total. The van der Waals surface area contributed by atoms with Crippen LogP contribution in [0.2, 0.25) is 0 Å². The SMILES string of the molecule is CCCSCC(=O)N1C[C@@H](NC(C)=O)[C@H](c2ccc(OC)cc2)C1. The van der Waals surface area contributed by atoms with E-state index in [2.05, 4.69) is 12.2 Å². The Morgan fingerprint density at radius 1 is 1.29 bits per heavy atom. The second kappa shape index (κ2) is 8.97. The van der Waals surface area contributed by atoms with E-state index in [1.54, 1.807) is 18.9 Å². The minimum absolute atomic E-state index is 0.0454. The molecule has 1 heterocycles. The molecule has 1 aromatic rings. The molecule has 6 heteroatoms. The van der Waals surface area contributed by atoms with Gasteiger partial charge in [0.1, 0.15) is 5.75 Å². The van der Waals surface area contributed by atoms with Crippen molar-refractivity contribution in [2.75, 3.05) is 31.7 Å². The Morgan fingerprint density at radius 2 is 2.00 bits per heavy atom. The van der Waals surface area contributed by atoms with Crippen molar-refractivity contribution in [2.45, 2.75) is 32.2 Å². The number of carbonyl (C=O) groups excluding carboxylic acids is 2. The normalized spacial score (nSPS) is 20.0. The van der Waals surface area contributed by atoms with Gasteiger partial charge in [-0.2, -0.15) is 11.8 Å². The summed E-state index contributed by atoms with van der Waals surface area (Å²) in [6.45, 7) is 4.84. The van der Waals surface area contributed by atoms with E-state index >= 15 is 0 Å². The van der Waals surface area contributed by atoms with Gasteiger partial charge in [-0.15, -0.1) is 0 Å². The van der Waals surface area contributed by atoms with Crippen molar-refractivity contribution in [3.8, 4) is 5.75 Å². The topological polar surface area (TPSA) is 58.6 Å². The number of hydrogen-bond donors (Lipinski definition) is 1. The first-order chi connectivity index (χ1) is 11.5. The second-order valence-corrected chi connectivity index (χ2v) is 7.14. The summed E-state index contributed by atoms with van der Waals surface area (Å²) in [5.74, 6) is 2.51. The standard InChI is InChI=1S/C18H26N2O3S/c1-4-9-24-12-18(22)20-10-16(17(11-20)19-13(2)21)14-5-7-15(23-3)8-6-14/h5-8,16-17H,4,9-12H2,1-3H3,(H,19,21)/t16-,17+/m0/s1. The molecule has 1 aliphatic heterocycles. The van der Waals surface area contributed by atoms with Crippen LogP contribution in [0, 0.1) is 0 Å². The van der Waals surface area contributed by atoms with E-state index in [4.69, 9.17) is 4.74 Å². The van der Waals surface area contributed by atoms with E-state index in [0.29, 0.717) is 18.8 Å². The maximum absolute atomic E-state index is 12.4. The van der Waals surface area contributed by atoms with Gasteiger partial charge in [-0.05, 0) is 29.9 Å². The van der Waals surface area contributed by atoms with Gasteiger partial charge in [-0.1, -0.05) is 19.1 Å². The number of thioether (sulfide) groups is 1. The number of likely N-dealkylation sites (tertiary alicyclic amines) is 1. The number of amides is 2. The zero-order chi connectivity index (χ0) is 17.5. The van der Waals surface area contributed by atoms with Gasteiger partial charge in [-0.25, -0.2) is 0 Å². The van der Waals surface area contributed by atoms with Crippen molar-refractivity contribution in [1.29, 1.82) is 0 Å². The van der Waals surface area contributed by atoms with Crippen LogP contribution in [0.5, 0.6) is 5.75 Å². The summed E-state index contributed by atoms with van der Waals surface area (Å²) in [5, 5.41) is 3.00. The van der Waals surface area contributed by atoms with Crippen LogP contribution in [-0.2, 0) is 9.59 Å². The average molecular weight is 350 g/mol. The van der Waals surface area contributed by atoms with Crippen LogP contribution < -0.4 is 10.1 Å². The minimum Gasteiger partial charge on any atom is -0.497 e. The van der Waals surface area contributed by atoms with Crippen LogP contribution in [0.4, 0.5) is 0 Å². The molecule has 0 aliphatic carbocycles. The molecule has 0 aromatic heterocycles. The first-order valence-corrected chi connectivity index (χ1v) is 9.47. The molecule has 0 unspecified atom stereocenters. The molecule has 2 rings (SSSR count). The highest BCUT2D eigenvalue weighted by Gasteiger charge is 2.36. The highest BCUT2D eigenvalue weighted by atomic mass is 32.2. The summed E-state index contributed by atoms with van der Waals surface area (Å²) in [6.07, 6.45) is 1.07. The Balaban J connectivity index is 2.08. The molecule has 0 spiro atoms. The predicted octanol–water partition coefficient (Wildman–Crippen LogP) is 2.27. The molecule has 1 saturated heterocycles. The lowest BCUT2D eigenvalue weighted by Crippen LogP contribution is -2.39. The fourth-order valence-corrected chi connectivity index (χ4v) is 3.79. The Kier molecular flexibility index (Phi) is 6.97. The highest BCUT2D eigenvalue weighted by molar-refractivity contribution is 7.99. The lowest BCUT2D eigenvalue weighted by molar-refractivity contribution is -0.127. The molecule has 132 valence electrons. The van der Waals surface area contributed by atoms with E-state index < -0.39 is 0 Å². The average Bonchev–Trinajstić information content (AvgIpc) is 2.98. The molecule has 0 saturated carbocycles. The maximum atomic E-state index is 12.4. The Morgan fingerprint density at radius 3 is 2.58 bits per heavy atom. The van der Waals surface area contributed by atoms with Crippen molar-refractivity contribution >= 4 is 23.6 Å². The molecular weight excluding hydrogens is 324 g/mol. The van der Waals surface area contributed by atoms with Crippen LogP contribution in [0.1, 0.15) is 31.7 Å². The summed E-state index contributed by atoms with van der Waals surface area (Å²) in [4.78, 5) is 25.8. The number of ether oxygens (including phenoxy) is 1. The second-order valence-electron chi connectivity index (χ2n) is 6.04. The quantitative estimate of drug-likeness (QED) is 0.767. The number of nitrogens with zero attached hydrogens (tertiary/aromatic N) is 1. The van der Waals surface area contributed by atoms with Crippen molar-refractivity contribution < 1.29 is 14.3 Å². The fraction of sp³-hybridized carbons (Fsp3) is 0.556. The molecular formula is C18H26N2O3S. The summed E-state index contributed by atoms with van der Waals surface area (Å²) in [5.41, 5.74) is 1.12. The lowest BCUT2D eigenvalue weighted by atomic mass is 9.94. The van der Waals surface area contributed by atoms with E-state index in [0.717, 1.165) is 23.5 Å². The van der Waals surface area contributed by atoms with Crippen LogP contribution in [0.3, 0.4) is 0 Å². The smallest absolute Gasteiger partial charge is 0.232 e. The van der Waals surface area contributed by atoms with Crippen molar-refractivity contribution in [1.82, 2.24) is 10.2 Å². The van der Waals surface area contributed by atoms with Crippen molar-refractivity contribution in [3.63, 3.8) is 0 Å². The first kappa shape index (κ1) is 18.6. The summed E-state index contributed by atoms with van der Waals surface area (Å²) < 4.78 is 5.20. The maximum Gasteiger partial charge on any atom is 0.232 e. The van der Waals surface area contributed by atoms with E-state index in [1.165, 1.54) is 6.92 Å². The molecule has 1 aliphatic rings. The summed E-state index contributed by atoms with van der Waals surface area (Å²) >= 11 is 1.67. The van der Waals surface area contributed by atoms with Gasteiger partial charge >= 0.3 is 0 Å². The van der Waals surface area contributed by atoms with Crippen LogP contribution >= 0.6 is 11.8 Å². The number of benzene rings is 1. The van der Waals surface area contributed by atoms with Crippen molar-refractivity contribution in [2.24, 2.45) is 0 Å². The summed E-state index contributed by atoms with van der Waals surface area (Å²) in [6, 6.07) is 7.82. The van der Waals surface area contributed by atoms with Gasteiger partial charge < -0.3 is 15.0 Å². The third-order valence-corrected chi connectivity index (χ3v) is 5.33. The molecule has 1 aromatic carbocycles. The van der Waals surface area contributed by atoms with Gasteiger partial charge in [-0.3, -0.25) is 9.59 Å². The monoisotopic (exact) mass is 350 g/mol.